The summed E-state index contributed by atoms with van der Waals surface area (Å²) in [5, 5.41) is 3.63. The summed E-state index contributed by atoms with van der Waals surface area (Å²) in [5.74, 6) is 0.604. The third-order valence-electron chi connectivity index (χ3n) is 3.63. The van der Waals surface area contributed by atoms with E-state index in [0.29, 0.717) is 12.0 Å². The maximum absolute atomic E-state index is 5.44. The van der Waals surface area contributed by atoms with E-state index in [-0.39, 0.29) is 5.54 Å². The molecule has 2 nitrogen and oxygen atoms in total. The summed E-state index contributed by atoms with van der Waals surface area (Å²) in [6.45, 7) is 12.0. The second kappa shape index (κ2) is 7.80. The Labute approximate surface area is 124 Å². The van der Waals surface area contributed by atoms with Gasteiger partial charge in [-0.25, -0.2) is 0 Å². The summed E-state index contributed by atoms with van der Waals surface area (Å²) in [6.07, 6.45) is 2.51. The van der Waals surface area contributed by atoms with Crippen LogP contribution in [0, 0.1) is 12.8 Å². The molecule has 1 aromatic rings. The Bertz CT molecular complexity index is 377. The zero-order chi connectivity index (χ0) is 15.2. The van der Waals surface area contributed by atoms with Crippen molar-refractivity contribution in [3.63, 3.8) is 0 Å². The van der Waals surface area contributed by atoms with Crippen LogP contribution in [-0.4, -0.2) is 25.3 Å². The van der Waals surface area contributed by atoms with Crippen molar-refractivity contribution in [2.24, 2.45) is 5.92 Å². The van der Waals surface area contributed by atoms with E-state index in [1.54, 1.807) is 7.11 Å². The fraction of sp³-hybridized carbons (Fsp3) is 0.667. The highest BCUT2D eigenvalue weighted by atomic mass is 16.5. The highest BCUT2D eigenvalue weighted by Crippen LogP contribution is 2.17. The van der Waals surface area contributed by atoms with Gasteiger partial charge >= 0.3 is 0 Å². The smallest absolute Gasteiger partial charge is 0.0546 e. The van der Waals surface area contributed by atoms with Gasteiger partial charge in [-0.15, -0.1) is 0 Å². The standard InChI is InChI=1S/C18H31NO/c1-14-7-9-16(10-8-14)12-17(11-15(2)20-6)13-19-18(3,4)5/h7-10,15,17,19H,11-13H2,1-6H3. The third-order valence-corrected chi connectivity index (χ3v) is 3.63. The monoisotopic (exact) mass is 277 g/mol. The average Bonchev–Trinajstić information content (AvgIpc) is 2.37. The van der Waals surface area contributed by atoms with Crippen molar-refractivity contribution in [3.05, 3.63) is 35.4 Å². The van der Waals surface area contributed by atoms with E-state index in [1.165, 1.54) is 11.1 Å². The Balaban J connectivity index is 2.63. The molecule has 20 heavy (non-hydrogen) atoms. The molecule has 2 atom stereocenters. The van der Waals surface area contributed by atoms with Crippen LogP contribution < -0.4 is 5.32 Å². The number of nitrogens with one attached hydrogen (secondary N) is 1. The number of benzene rings is 1. The Hall–Kier alpha value is -0.860. The lowest BCUT2D eigenvalue weighted by Crippen LogP contribution is -2.40. The minimum absolute atomic E-state index is 0.168. The fourth-order valence-corrected chi connectivity index (χ4v) is 2.31. The van der Waals surface area contributed by atoms with Gasteiger partial charge in [0.2, 0.25) is 0 Å². The molecule has 0 bridgehead atoms. The van der Waals surface area contributed by atoms with Gasteiger partial charge < -0.3 is 10.1 Å². The third kappa shape index (κ3) is 7.06. The Morgan fingerprint density at radius 2 is 1.75 bits per heavy atom. The number of hydrogen-bond acceptors (Lipinski definition) is 2. The largest absolute Gasteiger partial charge is 0.382 e. The predicted molar refractivity (Wildman–Crippen MR) is 87.2 cm³/mol. The van der Waals surface area contributed by atoms with Gasteiger partial charge in [-0.3, -0.25) is 0 Å². The molecule has 1 aromatic carbocycles. The maximum atomic E-state index is 5.44. The molecular formula is C18H31NO. The second-order valence-corrected chi connectivity index (χ2v) is 6.97. The molecule has 0 spiro atoms. The molecule has 0 saturated carbocycles. The number of aryl methyl sites for hydroxylation is 1. The van der Waals surface area contributed by atoms with Gasteiger partial charge in [0, 0.05) is 12.6 Å². The van der Waals surface area contributed by atoms with E-state index in [1.807, 2.05) is 0 Å². The van der Waals surface area contributed by atoms with Gasteiger partial charge in [0.1, 0.15) is 0 Å². The maximum Gasteiger partial charge on any atom is 0.0546 e. The van der Waals surface area contributed by atoms with Gasteiger partial charge in [-0.05, 0) is 65.5 Å². The van der Waals surface area contributed by atoms with E-state index in [0.717, 1.165) is 19.4 Å². The van der Waals surface area contributed by atoms with Crippen LogP contribution in [-0.2, 0) is 11.2 Å². The topological polar surface area (TPSA) is 21.3 Å². The number of hydrogen-bond donors (Lipinski definition) is 1. The summed E-state index contributed by atoms with van der Waals surface area (Å²) in [4.78, 5) is 0. The lowest BCUT2D eigenvalue weighted by molar-refractivity contribution is 0.0934. The first kappa shape index (κ1) is 17.2. The van der Waals surface area contributed by atoms with Crippen molar-refractivity contribution >= 4 is 0 Å². The lowest BCUT2D eigenvalue weighted by Gasteiger charge is -2.27. The molecule has 0 amide bonds. The normalized spacial score (nSPS) is 15.1. The highest BCUT2D eigenvalue weighted by Gasteiger charge is 2.17. The van der Waals surface area contributed by atoms with Crippen LogP contribution >= 0.6 is 0 Å². The first-order chi connectivity index (χ1) is 9.30. The second-order valence-electron chi connectivity index (χ2n) is 6.97. The summed E-state index contributed by atoms with van der Waals surface area (Å²) in [5.41, 5.74) is 2.91. The molecule has 0 aromatic heterocycles. The van der Waals surface area contributed by atoms with Gasteiger partial charge in [0.25, 0.3) is 0 Å². The van der Waals surface area contributed by atoms with Crippen molar-refractivity contribution in [3.8, 4) is 0 Å². The van der Waals surface area contributed by atoms with Crippen molar-refractivity contribution < 1.29 is 4.74 Å². The van der Waals surface area contributed by atoms with Crippen LogP contribution in [0.3, 0.4) is 0 Å². The quantitative estimate of drug-likeness (QED) is 0.814. The number of rotatable bonds is 7. The molecule has 1 N–H and O–H groups in total. The van der Waals surface area contributed by atoms with Crippen molar-refractivity contribution in [1.82, 2.24) is 5.32 Å². The zero-order valence-electron chi connectivity index (χ0n) is 14.0. The van der Waals surface area contributed by atoms with Gasteiger partial charge in [-0.1, -0.05) is 29.8 Å². The van der Waals surface area contributed by atoms with Crippen molar-refractivity contribution in [1.29, 1.82) is 0 Å². The van der Waals surface area contributed by atoms with Crippen LogP contribution in [0.25, 0.3) is 0 Å². The Morgan fingerprint density at radius 1 is 1.15 bits per heavy atom. The van der Waals surface area contributed by atoms with Crippen LogP contribution in [0.2, 0.25) is 0 Å². The molecule has 0 aliphatic heterocycles. The molecule has 1 rings (SSSR count). The predicted octanol–water partition coefficient (Wildman–Crippen LogP) is 3.97. The average molecular weight is 277 g/mol. The minimum atomic E-state index is 0.168. The molecule has 0 saturated heterocycles. The summed E-state index contributed by atoms with van der Waals surface area (Å²) in [7, 11) is 1.80. The number of methoxy groups -OCH3 is 1. The number of ether oxygens (including phenoxy) is 1. The molecule has 0 fully saturated rings. The van der Waals surface area contributed by atoms with E-state index < -0.39 is 0 Å². The summed E-state index contributed by atoms with van der Waals surface area (Å²) in [6, 6.07) is 8.89. The Kier molecular flexibility index (Phi) is 6.70. The zero-order valence-corrected chi connectivity index (χ0v) is 14.0. The molecule has 2 heteroatoms. The SMILES string of the molecule is COC(C)CC(CNC(C)(C)C)Cc1ccc(C)cc1. The molecule has 0 heterocycles. The first-order valence-corrected chi connectivity index (χ1v) is 7.63. The van der Waals surface area contributed by atoms with Crippen molar-refractivity contribution in [2.75, 3.05) is 13.7 Å². The fourth-order valence-electron chi connectivity index (χ4n) is 2.31. The van der Waals surface area contributed by atoms with Crippen LogP contribution in [0.5, 0.6) is 0 Å². The van der Waals surface area contributed by atoms with Crippen LogP contribution in [0.15, 0.2) is 24.3 Å². The van der Waals surface area contributed by atoms with Gasteiger partial charge in [-0.2, -0.15) is 0 Å². The summed E-state index contributed by atoms with van der Waals surface area (Å²) >= 11 is 0. The first-order valence-electron chi connectivity index (χ1n) is 7.63. The molecular weight excluding hydrogens is 246 g/mol. The van der Waals surface area contributed by atoms with Crippen LogP contribution in [0.1, 0.15) is 45.2 Å². The van der Waals surface area contributed by atoms with Gasteiger partial charge in [0.05, 0.1) is 6.10 Å². The van der Waals surface area contributed by atoms with E-state index in [9.17, 15) is 0 Å². The highest BCUT2D eigenvalue weighted by molar-refractivity contribution is 5.21. The molecule has 2 unspecified atom stereocenters. The molecule has 114 valence electrons. The summed E-state index contributed by atoms with van der Waals surface area (Å²) < 4.78 is 5.44. The van der Waals surface area contributed by atoms with Crippen molar-refractivity contribution in [2.45, 2.75) is 59.1 Å². The van der Waals surface area contributed by atoms with E-state index >= 15 is 0 Å². The molecule has 0 aliphatic carbocycles. The minimum Gasteiger partial charge on any atom is -0.382 e. The lowest BCUT2D eigenvalue weighted by atomic mass is 9.92. The molecule has 0 radical (unpaired) electrons. The molecule has 0 aliphatic rings. The van der Waals surface area contributed by atoms with Crippen LogP contribution in [0.4, 0.5) is 0 Å². The van der Waals surface area contributed by atoms with E-state index in [4.69, 9.17) is 4.74 Å². The van der Waals surface area contributed by atoms with E-state index in [2.05, 4.69) is 64.2 Å². The van der Waals surface area contributed by atoms with Gasteiger partial charge in [0.15, 0.2) is 0 Å². The Morgan fingerprint density at radius 3 is 2.25 bits per heavy atom.